The average molecular weight is 646 g/mol. The van der Waals surface area contributed by atoms with Crippen molar-refractivity contribution in [1.29, 1.82) is 0 Å². The maximum atomic E-state index is 4.85. The molecule has 6 rings (SSSR count). The molecule has 0 amide bonds. The first-order valence-corrected chi connectivity index (χ1v) is 18.2. The van der Waals surface area contributed by atoms with Crippen molar-refractivity contribution in [1.82, 2.24) is 14.8 Å². The second kappa shape index (κ2) is 15.2. The number of aromatic nitrogens is 3. The molecule has 5 aromatic carbocycles. The second-order valence-corrected chi connectivity index (χ2v) is 14.1. The lowest BCUT2D eigenvalue weighted by atomic mass is 9.92. The van der Waals surface area contributed by atoms with Gasteiger partial charge in [0.2, 0.25) is 0 Å². The normalized spacial score (nSPS) is 11.4. The van der Waals surface area contributed by atoms with Gasteiger partial charge in [-0.15, -0.1) is 10.2 Å². The van der Waals surface area contributed by atoms with Crippen LogP contribution in [0.5, 0.6) is 0 Å². The van der Waals surface area contributed by atoms with E-state index in [0.29, 0.717) is 0 Å². The Hall–Kier alpha value is -4.76. The summed E-state index contributed by atoms with van der Waals surface area (Å²) in [6.07, 6.45) is 7.07. The van der Waals surface area contributed by atoms with Crippen LogP contribution in [0, 0.1) is 20.8 Å². The Morgan fingerprint density at radius 2 is 1.04 bits per heavy atom. The number of nitrogens with zero attached hydrogens (tertiary/aromatic N) is 3. The largest absolute Gasteiger partial charge is 0.278 e. The average Bonchev–Trinajstić information content (AvgIpc) is 3.55. The molecule has 0 saturated heterocycles. The molecular weight excluding hydrogens is 595 g/mol. The van der Waals surface area contributed by atoms with Crippen LogP contribution in [0.25, 0.3) is 50.5 Å². The Labute approximate surface area is 294 Å². The maximum Gasteiger partial charge on any atom is 0.168 e. The molecule has 49 heavy (non-hydrogen) atoms. The van der Waals surface area contributed by atoms with Gasteiger partial charge in [-0.3, -0.25) is 4.57 Å². The van der Waals surface area contributed by atoms with Crippen LogP contribution in [0.15, 0.2) is 103 Å². The van der Waals surface area contributed by atoms with Gasteiger partial charge in [-0.1, -0.05) is 125 Å². The van der Waals surface area contributed by atoms with Crippen molar-refractivity contribution < 1.29 is 0 Å². The SMILES string of the molecule is CCCCc1ccc(-c2cc(-c3ccc(C)cc3)cc(-c3cccc(-c4nnc(C(C)C)n4-c4c(C)cc(CCCC)cc4C)c3)c2)cc1. The van der Waals surface area contributed by atoms with Crippen molar-refractivity contribution in [2.24, 2.45) is 0 Å². The highest BCUT2D eigenvalue weighted by Crippen LogP contribution is 2.36. The van der Waals surface area contributed by atoms with Crippen LogP contribution < -0.4 is 0 Å². The van der Waals surface area contributed by atoms with Crippen LogP contribution in [-0.2, 0) is 12.8 Å². The summed E-state index contributed by atoms with van der Waals surface area (Å²) in [5, 5.41) is 9.63. The predicted molar refractivity (Wildman–Crippen MR) is 209 cm³/mol. The number of aryl methyl sites for hydroxylation is 5. The number of hydrogen-bond acceptors (Lipinski definition) is 2. The molecule has 0 aliphatic heterocycles. The van der Waals surface area contributed by atoms with E-state index in [1.54, 1.807) is 0 Å². The third kappa shape index (κ3) is 7.62. The molecule has 6 aromatic rings. The zero-order chi connectivity index (χ0) is 34.5. The molecule has 0 fully saturated rings. The molecule has 0 spiro atoms. The van der Waals surface area contributed by atoms with Crippen LogP contribution in [-0.4, -0.2) is 14.8 Å². The number of hydrogen-bond donors (Lipinski definition) is 0. The highest BCUT2D eigenvalue weighted by Gasteiger charge is 2.21. The highest BCUT2D eigenvalue weighted by molar-refractivity contribution is 5.82. The first-order chi connectivity index (χ1) is 23.7. The van der Waals surface area contributed by atoms with Crippen LogP contribution in [0.3, 0.4) is 0 Å². The standard InChI is InChI=1S/C46H51N3/c1-8-10-13-35-19-23-38(24-20-35)42-28-41(37-21-17-32(5)18-22-37)29-43(30-42)39-15-12-16-40(27-39)46-48-47-45(31(3)4)49(46)44-33(6)25-36(14-11-9-2)26-34(44)7/h12,15-31H,8-11,13-14H2,1-7H3. The summed E-state index contributed by atoms with van der Waals surface area (Å²) in [5.74, 6) is 2.10. The summed E-state index contributed by atoms with van der Waals surface area (Å²) in [6.45, 7) is 15.5. The minimum Gasteiger partial charge on any atom is -0.278 e. The molecule has 1 heterocycles. The van der Waals surface area contributed by atoms with Crippen LogP contribution >= 0.6 is 0 Å². The first-order valence-electron chi connectivity index (χ1n) is 18.2. The lowest BCUT2D eigenvalue weighted by Crippen LogP contribution is -2.09. The van der Waals surface area contributed by atoms with Gasteiger partial charge in [-0.2, -0.15) is 0 Å². The molecule has 0 unspecified atom stereocenters. The molecule has 0 aliphatic rings. The van der Waals surface area contributed by atoms with E-state index in [9.17, 15) is 0 Å². The van der Waals surface area contributed by atoms with Gasteiger partial charge in [0.25, 0.3) is 0 Å². The molecule has 3 nitrogen and oxygen atoms in total. The van der Waals surface area contributed by atoms with Gasteiger partial charge < -0.3 is 0 Å². The summed E-state index contributed by atoms with van der Waals surface area (Å²) < 4.78 is 2.31. The van der Waals surface area contributed by atoms with Gasteiger partial charge in [-0.25, -0.2) is 0 Å². The number of unbranched alkanes of at least 4 members (excludes halogenated alkanes) is 2. The van der Waals surface area contributed by atoms with Crippen LogP contribution in [0.2, 0.25) is 0 Å². The van der Waals surface area contributed by atoms with Crippen molar-refractivity contribution in [3.8, 4) is 50.5 Å². The fraction of sp³-hybridized carbons (Fsp3) is 0.304. The van der Waals surface area contributed by atoms with E-state index in [-0.39, 0.29) is 5.92 Å². The summed E-state index contributed by atoms with van der Waals surface area (Å²) in [4.78, 5) is 0. The van der Waals surface area contributed by atoms with Crippen LogP contribution in [0.4, 0.5) is 0 Å². The van der Waals surface area contributed by atoms with E-state index in [0.717, 1.165) is 35.6 Å². The van der Waals surface area contributed by atoms with Crippen LogP contribution in [0.1, 0.15) is 92.9 Å². The summed E-state index contributed by atoms with van der Waals surface area (Å²) in [7, 11) is 0. The zero-order valence-corrected chi connectivity index (χ0v) is 30.5. The zero-order valence-electron chi connectivity index (χ0n) is 30.5. The van der Waals surface area contributed by atoms with E-state index < -0.39 is 0 Å². The van der Waals surface area contributed by atoms with Gasteiger partial charge in [0, 0.05) is 11.5 Å². The van der Waals surface area contributed by atoms with Crippen molar-refractivity contribution >= 4 is 0 Å². The Morgan fingerprint density at radius 3 is 1.61 bits per heavy atom. The smallest absolute Gasteiger partial charge is 0.168 e. The molecule has 0 atom stereocenters. The topological polar surface area (TPSA) is 30.7 Å². The molecule has 250 valence electrons. The molecule has 0 radical (unpaired) electrons. The van der Waals surface area contributed by atoms with Gasteiger partial charge in [0.1, 0.15) is 5.82 Å². The van der Waals surface area contributed by atoms with E-state index in [1.807, 2.05) is 0 Å². The number of benzene rings is 5. The molecular formula is C46H51N3. The summed E-state index contributed by atoms with van der Waals surface area (Å²) in [6, 6.07) is 38.6. The van der Waals surface area contributed by atoms with Crippen molar-refractivity contribution in [3.63, 3.8) is 0 Å². The minimum atomic E-state index is 0.227. The molecule has 0 N–H and O–H groups in total. The van der Waals surface area contributed by atoms with Crippen molar-refractivity contribution in [2.75, 3.05) is 0 Å². The van der Waals surface area contributed by atoms with Crippen molar-refractivity contribution in [3.05, 3.63) is 137 Å². The van der Waals surface area contributed by atoms with E-state index in [1.165, 1.54) is 87.0 Å². The molecule has 0 bridgehead atoms. The molecule has 1 aromatic heterocycles. The fourth-order valence-corrected chi connectivity index (χ4v) is 6.96. The van der Waals surface area contributed by atoms with E-state index >= 15 is 0 Å². The second-order valence-electron chi connectivity index (χ2n) is 14.1. The Kier molecular flexibility index (Phi) is 10.6. The van der Waals surface area contributed by atoms with Gasteiger partial charge in [-0.05, 0) is 126 Å². The lowest BCUT2D eigenvalue weighted by Gasteiger charge is -2.19. The van der Waals surface area contributed by atoms with Crippen molar-refractivity contribution in [2.45, 2.75) is 92.9 Å². The Morgan fingerprint density at radius 1 is 0.531 bits per heavy atom. The Bertz CT molecular complexity index is 2000. The fourth-order valence-electron chi connectivity index (χ4n) is 6.96. The number of rotatable bonds is 12. The van der Waals surface area contributed by atoms with Gasteiger partial charge in [0.15, 0.2) is 5.82 Å². The first kappa shape index (κ1) is 34.1. The maximum absolute atomic E-state index is 4.85. The minimum absolute atomic E-state index is 0.227. The van der Waals surface area contributed by atoms with Gasteiger partial charge in [0.05, 0.1) is 5.69 Å². The summed E-state index contributed by atoms with van der Waals surface area (Å²) in [5.41, 5.74) is 16.1. The highest BCUT2D eigenvalue weighted by atomic mass is 15.3. The third-order valence-corrected chi connectivity index (χ3v) is 9.68. The Balaban J connectivity index is 1.46. The predicted octanol–water partition coefficient (Wildman–Crippen LogP) is 12.7. The molecule has 0 aliphatic carbocycles. The lowest BCUT2D eigenvalue weighted by molar-refractivity contribution is 0.742. The molecule has 0 saturated carbocycles. The van der Waals surface area contributed by atoms with E-state index in [2.05, 4.69) is 156 Å². The monoisotopic (exact) mass is 645 g/mol. The third-order valence-electron chi connectivity index (χ3n) is 9.68. The molecule has 3 heteroatoms. The van der Waals surface area contributed by atoms with E-state index in [4.69, 9.17) is 10.2 Å². The summed E-state index contributed by atoms with van der Waals surface area (Å²) >= 11 is 0. The van der Waals surface area contributed by atoms with Gasteiger partial charge >= 0.3 is 0 Å². The quantitative estimate of drug-likeness (QED) is 0.133.